The van der Waals surface area contributed by atoms with Crippen LogP contribution in [-0.2, 0) is 4.79 Å². The molecule has 0 saturated carbocycles. The zero-order valence-electron chi connectivity index (χ0n) is 12.3. The first-order chi connectivity index (χ1) is 10.5. The van der Waals surface area contributed by atoms with E-state index >= 15 is 0 Å². The molecular formula is C15H18N4O2S. The van der Waals surface area contributed by atoms with Crippen molar-refractivity contribution in [2.24, 2.45) is 5.73 Å². The van der Waals surface area contributed by atoms with E-state index in [0.717, 1.165) is 11.3 Å². The van der Waals surface area contributed by atoms with Gasteiger partial charge in [0.15, 0.2) is 5.13 Å². The fraction of sp³-hybridized carbons (Fsp3) is 0.333. The van der Waals surface area contributed by atoms with Gasteiger partial charge in [0.25, 0.3) is 0 Å². The van der Waals surface area contributed by atoms with Gasteiger partial charge < -0.3 is 5.73 Å². The molecule has 2 aromatic rings. The van der Waals surface area contributed by atoms with E-state index in [0.29, 0.717) is 41.7 Å². The van der Waals surface area contributed by atoms with E-state index in [1.165, 1.54) is 4.90 Å². The number of nitrogens with zero attached hydrogens (tertiary/aromatic N) is 2. The summed E-state index contributed by atoms with van der Waals surface area (Å²) in [7, 11) is 1.63. The van der Waals surface area contributed by atoms with Crippen LogP contribution in [0.25, 0.3) is 10.9 Å². The number of rotatable bonds is 6. The second-order valence-electron chi connectivity index (χ2n) is 4.99. The van der Waals surface area contributed by atoms with Crippen LogP contribution < -0.4 is 15.4 Å². The van der Waals surface area contributed by atoms with Crippen LogP contribution in [0.3, 0.4) is 0 Å². The first kappa shape index (κ1) is 16.1. The number of aromatic nitrogens is 1. The third kappa shape index (κ3) is 3.88. The fourth-order valence-electron chi connectivity index (χ4n) is 2.02. The maximum absolute atomic E-state index is 12.1. The van der Waals surface area contributed by atoms with Gasteiger partial charge in [-0.3, -0.25) is 19.9 Å². The molecule has 6 nitrogen and oxygen atoms in total. The molecule has 0 atom stereocenters. The topological polar surface area (TPSA) is 100 Å². The first-order valence-corrected chi connectivity index (χ1v) is 7.80. The molecule has 0 spiro atoms. The van der Waals surface area contributed by atoms with Crippen LogP contribution in [0.5, 0.6) is 0 Å². The largest absolute Gasteiger partial charge is 0.388 e. The molecule has 0 bridgehead atoms. The summed E-state index contributed by atoms with van der Waals surface area (Å²) < 4.78 is -0.100. The Balaban J connectivity index is 2.09. The van der Waals surface area contributed by atoms with Crippen molar-refractivity contribution in [3.05, 3.63) is 33.8 Å². The fourth-order valence-corrected chi connectivity index (χ4v) is 2.85. The Morgan fingerprint density at radius 2 is 2.00 bits per heavy atom. The third-order valence-electron chi connectivity index (χ3n) is 3.27. The summed E-state index contributed by atoms with van der Waals surface area (Å²) in [5.74, 6) is 0.0391. The summed E-state index contributed by atoms with van der Waals surface area (Å²) in [5, 5.41) is 8.11. The second kappa shape index (κ2) is 7.13. The Kier molecular flexibility index (Phi) is 5.21. The highest BCUT2D eigenvalue weighted by atomic mass is 32.1. The zero-order valence-corrected chi connectivity index (χ0v) is 13.2. The Morgan fingerprint density at radius 1 is 1.32 bits per heavy atom. The predicted octanol–water partition coefficient (Wildman–Crippen LogP) is 2.12. The van der Waals surface area contributed by atoms with E-state index in [1.807, 2.05) is 6.07 Å². The van der Waals surface area contributed by atoms with Crippen molar-refractivity contribution in [2.75, 3.05) is 11.9 Å². The number of carbonyl (C=O) groups excluding carboxylic acids is 1. The van der Waals surface area contributed by atoms with Crippen molar-refractivity contribution in [1.82, 2.24) is 4.98 Å². The van der Waals surface area contributed by atoms with Crippen LogP contribution in [0, 0.1) is 5.41 Å². The zero-order chi connectivity index (χ0) is 16.1. The van der Waals surface area contributed by atoms with Crippen molar-refractivity contribution in [2.45, 2.75) is 25.7 Å². The summed E-state index contributed by atoms with van der Waals surface area (Å²) in [5.41, 5.74) is 5.87. The number of nitrogens with one attached hydrogen (secondary N) is 1. The molecule has 0 unspecified atom stereocenters. The molecule has 0 fully saturated rings. The molecular weight excluding hydrogens is 300 g/mol. The number of fused-ring (bicyclic) bond motifs is 1. The first-order valence-electron chi connectivity index (χ1n) is 6.98. The number of unbranched alkanes of at least 4 members (excludes halogenated alkanes) is 1. The maximum atomic E-state index is 12.1. The Bertz CT molecular complexity index is 757. The standard InChI is InChI=1S/C15H18N4O2S/c1-19(13(20)9-5-4-8-12(16)17)15-18-11-7-3-2-6-10(11)14(21)22-15/h2-3,6-7H,4-5,8-9H2,1H3,(H3,16,17). The quantitative estimate of drug-likeness (QED) is 0.484. The van der Waals surface area contributed by atoms with Crippen molar-refractivity contribution in [3.8, 4) is 0 Å². The van der Waals surface area contributed by atoms with E-state index < -0.39 is 0 Å². The molecule has 7 heteroatoms. The third-order valence-corrected chi connectivity index (χ3v) is 4.22. The minimum absolute atomic E-state index is 0.0954. The molecule has 1 amide bonds. The number of hydrogen-bond donors (Lipinski definition) is 2. The highest BCUT2D eigenvalue weighted by Crippen LogP contribution is 2.19. The molecule has 0 aliphatic rings. The minimum atomic E-state index is -0.100. The van der Waals surface area contributed by atoms with Gasteiger partial charge in [0.2, 0.25) is 10.6 Å². The lowest BCUT2D eigenvalue weighted by Gasteiger charge is -2.15. The Labute approximate surface area is 132 Å². The smallest absolute Gasteiger partial charge is 0.245 e. The molecule has 1 heterocycles. The van der Waals surface area contributed by atoms with Crippen LogP contribution in [0.2, 0.25) is 0 Å². The van der Waals surface area contributed by atoms with Gasteiger partial charge in [0.1, 0.15) is 0 Å². The van der Waals surface area contributed by atoms with Crippen molar-refractivity contribution in [3.63, 3.8) is 0 Å². The predicted molar refractivity (Wildman–Crippen MR) is 89.7 cm³/mol. The molecule has 0 aliphatic heterocycles. The number of nitrogens with two attached hydrogens (primary N) is 1. The summed E-state index contributed by atoms with van der Waals surface area (Å²) in [4.78, 5) is 30.0. The number of hydrogen-bond acceptors (Lipinski definition) is 5. The van der Waals surface area contributed by atoms with Gasteiger partial charge in [-0.25, -0.2) is 4.98 Å². The normalized spacial score (nSPS) is 10.6. The van der Waals surface area contributed by atoms with Gasteiger partial charge in [-0.2, -0.15) is 0 Å². The van der Waals surface area contributed by atoms with E-state index in [9.17, 15) is 9.59 Å². The molecule has 0 aliphatic carbocycles. The highest BCUT2D eigenvalue weighted by Gasteiger charge is 2.14. The van der Waals surface area contributed by atoms with Crippen LogP contribution in [-0.4, -0.2) is 23.8 Å². The molecule has 1 aromatic carbocycles. The van der Waals surface area contributed by atoms with E-state index in [4.69, 9.17) is 11.1 Å². The van der Waals surface area contributed by atoms with E-state index in [-0.39, 0.29) is 16.5 Å². The average Bonchev–Trinajstić information content (AvgIpc) is 2.50. The van der Waals surface area contributed by atoms with Gasteiger partial charge >= 0.3 is 0 Å². The number of para-hydroxylation sites is 1. The van der Waals surface area contributed by atoms with Gasteiger partial charge in [-0.15, -0.1) is 0 Å². The van der Waals surface area contributed by atoms with Gasteiger partial charge in [-0.1, -0.05) is 23.5 Å². The van der Waals surface area contributed by atoms with E-state index in [1.54, 1.807) is 25.2 Å². The summed E-state index contributed by atoms with van der Waals surface area (Å²) in [6.07, 6.45) is 2.21. The second-order valence-corrected chi connectivity index (χ2v) is 5.93. The summed E-state index contributed by atoms with van der Waals surface area (Å²) in [6, 6.07) is 7.10. The maximum Gasteiger partial charge on any atom is 0.245 e. The molecule has 2 rings (SSSR count). The average molecular weight is 318 g/mol. The van der Waals surface area contributed by atoms with Crippen molar-refractivity contribution in [1.29, 1.82) is 5.41 Å². The highest BCUT2D eigenvalue weighted by molar-refractivity contribution is 7.13. The Morgan fingerprint density at radius 3 is 2.73 bits per heavy atom. The van der Waals surface area contributed by atoms with Gasteiger partial charge in [0.05, 0.1) is 16.7 Å². The van der Waals surface area contributed by atoms with Crippen molar-refractivity contribution >= 4 is 39.1 Å². The number of anilines is 1. The van der Waals surface area contributed by atoms with Crippen LogP contribution >= 0.6 is 11.3 Å². The Hall–Kier alpha value is -2.28. The lowest BCUT2D eigenvalue weighted by atomic mass is 10.2. The molecule has 22 heavy (non-hydrogen) atoms. The molecule has 3 N–H and O–H groups in total. The number of carbonyl (C=O) groups is 1. The summed E-state index contributed by atoms with van der Waals surface area (Å²) in [6.45, 7) is 0. The van der Waals surface area contributed by atoms with Gasteiger partial charge in [-0.05, 0) is 25.0 Å². The monoisotopic (exact) mass is 318 g/mol. The summed E-state index contributed by atoms with van der Waals surface area (Å²) >= 11 is 0.972. The van der Waals surface area contributed by atoms with E-state index in [2.05, 4.69) is 4.98 Å². The molecule has 116 valence electrons. The SMILES string of the molecule is CN(C(=O)CCCCC(=N)N)c1nc2ccccc2c(=O)s1. The van der Waals surface area contributed by atoms with Crippen LogP contribution in [0.4, 0.5) is 5.13 Å². The minimum Gasteiger partial charge on any atom is -0.388 e. The lowest BCUT2D eigenvalue weighted by Crippen LogP contribution is -2.27. The molecule has 0 radical (unpaired) electrons. The molecule has 1 aromatic heterocycles. The van der Waals surface area contributed by atoms with Gasteiger partial charge in [0, 0.05) is 19.9 Å². The van der Waals surface area contributed by atoms with Crippen molar-refractivity contribution < 1.29 is 4.79 Å². The van der Waals surface area contributed by atoms with Crippen LogP contribution in [0.15, 0.2) is 29.1 Å². The number of amides is 1. The molecule has 0 saturated heterocycles. The number of amidine groups is 1. The number of benzene rings is 1. The lowest BCUT2D eigenvalue weighted by molar-refractivity contribution is -0.118. The van der Waals surface area contributed by atoms with Crippen LogP contribution in [0.1, 0.15) is 25.7 Å².